The quantitative estimate of drug-likeness (QED) is 0.512. The van der Waals surface area contributed by atoms with Gasteiger partial charge in [-0.25, -0.2) is 9.40 Å². The van der Waals surface area contributed by atoms with Crippen molar-refractivity contribution in [2.45, 2.75) is 24.1 Å². The average Bonchev–Trinajstić information content (AvgIpc) is 3.48. The molecule has 0 aromatic heterocycles. The number of ether oxygens (including phenoxy) is 1. The maximum Gasteiger partial charge on any atom is 0.262 e. The Morgan fingerprint density at radius 2 is 1.89 bits per heavy atom. The van der Waals surface area contributed by atoms with E-state index in [2.05, 4.69) is 10.3 Å². The topological polar surface area (TPSA) is 83.4 Å². The van der Waals surface area contributed by atoms with E-state index >= 15 is 0 Å². The smallest absolute Gasteiger partial charge is 0.262 e. The number of amides is 2. The number of hydrazone groups is 1. The van der Waals surface area contributed by atoms with Gasteiger partial charge in [0.25, 0.3) is 5.91 Å². The molecule has 2 atom stereocenters. The minimum absolute atomic E-state index is 0.0775. The van der Waals surface area contributed by atoms with Crippen LogP contribution in [0.15, 0.2) is 89.0 Å². The Labute approximate surface area is 212 Å². The molecule has 0 unspecified atom stereocenters. The molecule has 2 aliphatic heterocycles. The van der Waals surface area contributed by atoms with Crippen LogP contribution in [0.1, 0.15) is 30.0 Å². The summed E-state index contributed by atoms with van der Waals surface area (Å²) in [6.45, 7) is 0. The lowest BCUT2D eigenvalue weighted by atomic mass is 9.98. The number of benzene rings is 3. The molecule has 7 nitrogen and oxygen atoms in total. The molecular weight excluding hydrogens is 479 g/mol. The second-order valence-electron chi connectivity index (χ2n) is 8.35. The van der Waals surface area contributed by atoms with Crippen molar-refractivity contribution in [3.8, 4) is 5.75 Å². The summed E-state index contributed by atoms with van der Waals surface area (Å²) in [5.41, 5.74) is 3.22. The van der Waals surface area contributed by atoms with E-state index in [0.717, 1.165) is 22.6 Å². The largest absolute Gasteiger partial charge is 0.497 e. The summed E-state index contributed by atoms with van der Waals surface area (Å²) in [5.74, 6) is -0.457. The van der Waals surface area contributed by atoms with Crippen molar-refractivity contribution in [3.05, 3.63) is 95.8 Å². The minimum atomic E-state index is -0.676. The highest BCUT2D eigenvalue weighted by Gasteiger charge is 2.39. The van der Waals surface area contributed by atoms with E-state index in [1.807, 2.05) is 54.6 Å². The van der Waals surface area contributed by atoms with Crippen LogP contribution in [0.25, 0.3) is 0 Å². The van der Waals surface area contributed by atoms with Crippen molar-refractivity contribution in [1.29, 1.82) is 0 Å². The van der Waals surface area contributed by atoms with Crippen LogP contribution in [-0.4, -0.2) is 40.1 Å². The SMILES string of the molecule is COc1ccc(C2=NN(C3=NC(=O)[C@H](CC(=O)Nc4cccc(F)c4)S3)[C@H](c3ccccc3)C2)cc1. The van der Waals surface area contributed by atoms with Crippen LogP contribution in [0.4, 0.5) is 10.1 Å². The van der Waals surface area contributed by atoms with Gasteiger partial charge in [0.1, 0.15) is 16.8 Å². The Bertz CT molecular complexity index is 1340. The molecule has 182 valence electrons. The van der Waals surface area contributed by atoms with E-state index in [9.17, 15) is 14.0 Å². The summed E-state index contributed by atoms with van der Waals surface area (Å²) in [4.78, 5) is 29.5. The van der Waals surface area contributed by atoms with E-state index in [4.69, 9.17) is 9.84 Å². The number of thioether (sulfide) groups is 1. The van der Waals surface area contributed by atoms with Gasteiger partial charge in [-0.2, -0.15) is 10.1 Å². The van der Waals surface area contributed by atoms with E-state index in [1.165, 1.54) is 30.0 Å². The fraction of sp³-hybridized carbons (Fsp3) is 0.185. The summed E-state index contributed by atoms with van der Waals surface area (Å²) in [5, 5.41) is 9.05. The molecule has 9 heteroatoms. The molecule has 2 amide bonds. The number of nitrogens with zero attached hydrogens (tertiary/aromatic N) is 3. The van der Waals surface area contributed by atoms with Gasteiger partial charge >= 0.3 is 0 Å². The number of anilines is 1. The third kappa shape index (κ3) is 5.16. The number of amidine groups is 1. The summed E-state index contributed by atoms with van der Waals surface area (Å²) in [7, 11) is 1.62. The van der Waals surface area contributed by atoms with Gasteiger partial charge in [0.15, 0.2) is 5.17 Å². The third-order valence-corrected chi connectivity index (χ3v) is 7.06. The Balaban J connectivity index is 1.34. The van der Waals surface area contributed by atoms with Crippen molar-refractivity contribution in [1.82, 2.24) is 5.01 Å². The van der Waals surface area contributed by atoms with Gasteiger partial charge < -0.3 is 10.1 Å². The predicted octanol–water partition coefficient (Wildman–Crippen LogP) is 5.01. The number of carbonyl (C=O) groups is 2. The summed E-state index contributed by atoms with van der Waals surface area (Å²) >= 11 is 1.22. The van der Waals surface area contributed by atoms with Gasteiger partial charge in [0.2, 0.25) is 5.91 Å². The first-order valence-electron chi connectivity index (χ1n) is 11.4. The van der Waals surface area contributed by atoms with Gasteiger partial charge in [-0.15, -0.1) is 0 Å². The number of methoxy groups -OCH3 is 1. The van der Waals surface area contributed by atoms with E-state index in [0.29, 0.717) is 17.3 Å². The minimum Gasteiger partial charge on any atom is -0.497 e. The van der Waals surface area contributed by atoms with Gasteiger partial charge in [0.05, 0.1) is 18.9 Å². The number of nitrogens with one attached hydrogen (secondary N) is 1. The standard InChI is InChI=1S/C27H23FN4O3S/c1-35-21-12-10-17(11-13-21)22-15-23(18-6-3-2-4-7-18)32(31-22)27-30-26(34)24(36-27)16-25(33)29-20-9-5-8-19(28)14-20/h2-14,23-24H,15-16H2,1H3,(H,29,33)/t23-,24-/m0/s1. The van der Waals surface area contributed by atoms with Crippen LogP contribution in [-0.2, 0) is 9.59 Å². The molecule has 2 aliphatic rings. The number of aliphatic imine (C=N–C) groups is 1. The van der Waals surface area contributed by atoms with Crippen molar-refractivity contribution < 1.29 is 18.7 Å². The van der Waals surface area contributed by atoms with Crippen LogP contribution in [0.2, 0.25) is 0 Å². The lowest BCUT2D eigenvalue weighted by Crippen LogP contribution is -2.25. The number of rotatable bonds is 6. The molecule has 5 rings (SSSR count). The van der Waals surface area contributed by atoms with Gasteiger partial charge in [-0.1, -0.05) is 48.2 Å². The molecule has 0 spiro atoms. The lowest BCUT2D eigenvalue weighted by Gasteiger charge is -2.23. The average molecular weight is 503 g/mol. The molecule has 2 heterocycles. The molecule has 0 saturated heterocycles. The van der Waals surface area contributed by atoms with Crippen molar-refractivity contribution >= 4 is 40.1 Å². The highest BCUT2D eigenvalue weighted by molar-refractivity contribution is 8.15. The monoisotopic (exact) mass is 502 g/mol. The number of carbonyl (C=O) groups excluding carboxylic acids is 2. The lowest BCUT2D eigenvalue weighted by molar-refractivity contribution is -0.121. The van der Waals surface area contributed by atoms with E-state index in [-0.39, 0.29) is 24.3 Å². The maximum atomic E-state index is 13.4. The van der Waals surface area contributed by atoms with E-state index in [1.54, 1.807) is 18.2 Å². The molecule has 36 heavy (non-hydrogen) atoms. The zero-order valence-electron chi connectivity index (χ0n) is 19.4. The van der Waals surface area contributed by atoms with Crippen LogP contribution < -0.4 is 10.1 Å². The molecule has 3 aromatic carbocycles. The molecule has 0 bridgehead atoms. The highest BCUT2D eigenvalue weighted by atomic mass is 32.2. The molecule has 1 N–H and O–H groups in total. The normalized spacial score (nSPS) is 19.2. The van der Waals surface area contributed by atoms with E-state index < -0.39 is 11.1 Å². The Kier molecular flexibility index (Phi) is 6.81. The first-order valence-corrected chi connectivity index (χ1v) is 12.3. The molecule has 0 fully saturated rings. The number of hydrogen-bond acceptors (Lipinski definition) is 6. The second-order valence-corrected chi connectivity index (χ2v) is 9.52. The summed E-state index contributed by atoms with van der Waals surface area (Å²) in [6, 6.07) is 23.1. The second kappa shape index (κ2) is 10.3. The fourth-order valence-corrected chi connectivity index (χ4v) is 5.19. The number of hydrogen-bond donors (Lipinski definition) is 1. The van der Waals surface area contributed by atoms with Crippen LogP contribution >= 0.6 is 11.8 Å². The van der Waals surface area contributed by atoms with Crippen LogP contribution in [0.5, 0.6) is 5.75 Å². The summed E-state index contributed by atoms with van der Waals surface area (Å²) < 4.78 is 18.7. The highest BCUT2D eigenvalue weighted by Crippen LogP contribution is 2.38. The van der Waals surface area contributed by atoms with Gasteiger partial charge in [-0.3, -0.25) is 9.59 Å². The summed E-state index contributed by atoms with van der Waals surface area (Å²) in [6.07, 6.45) is 0.556. The predicted molar refractivity (Wildman–Crippen MR) is 139 cm³/mol. The molecule has 0 radical (unpaired) electrons. The Morgan fingerprint density at radius 1 is 1.11 bits per heavy atom. The third-order valence-electron chi connectivity index (χ3n) is 5.92. The van der Waals surface area contributed by atoms with Crippen molar-refractivity contribution in [2.75, 3.05) is 12.4 Å². The molecule has 0 saturated carbocycles. The first kappa shape index (κ1) is 23.7. The van der Waals surface area contributed by atoms with Crippen LogP contribution in [0, 0.1) is 5.82 Å². The Hall–Kier alpha value is -3.98. The fourth-order valence-electron chi connectivity index (χ4n) is 4.13. The molecule has 3 aromatic rings. The zero-order chi connectivity index (χ0) is 25.1. The molecule has 0 aliphatic carbocycles. The van der Waals surface area contributed by atoms with Crippen molar-refractivity contribution in [3.63, 3.8) is 0 Å². The molecular formula is C27H23FN4O3S. The van der Waals surface area contributed by atoms with Gasteiger partial charge in [0, 0.05) is 18.5 Å². The maximum absolute atomic E-state index is 13.4. The van der Waals surface area contributed by atoms with Gasteiger partial charge in [-0.05, 0) is 53.6 Å². The number of halogens is 1. The van der Waals surface area contributed by atoms with Crippen LogP contribution in [0.3, 0.4) is 0 Å². The Morgan fingerprint density at radius 3 is 2.61 bits per heavy atom. The van der Waals surface area contributed by atoms with Crippen molar-refractivity contribution in [2.24, 2.45) is 10.1 Å². The first-order chi connectivity index (χ1) is 17.5. The zero-order valence-corrected chi connectivity index (χ0v) is 20.2.